The molecule has 2 N–H and O–H groups in total. The Kier molecular flexibility index (Phi) is 5.47. The Hall–Kier alpha value is -2.43. The molecule has 2 rings (SSSR count). The molecule has 1 aromatic heterocycles. The van der Waals surface area contributed by atoms with Gasteiger partial charge in [0.15, 0.2) is 0 Å². The molecule has 5 nitrogen and oxygen atoms in total. The molecule has 1 heterocycles. The van der Waals surface area contributed by atoms with Crippen LogP contribution in [0.15, 0.2) is 35.3 Å². The summed E-state index contributed by atoms with van der Waals surface area (Å²) >= 11 is 0. The van der Waals surface area contributed by atoms with Gasteiger partial charge >= 0.3 is 5.97 Å². The first-order chi connectivity index (χ1) is 10.6. The van der Waals surface area contributed by atoms with Crippen LogP contribution < -0.4 is 5.56 Å². The molecule has 2 aromatic rings. The lowest BCUT2D eigenvalue weighted by molar-refractivity contribution is 0.0694. The van der Waals surface area contributed by atoms with Crippen molar-refractivity contribution in [2.75, 3.05) is 0 Å². The average molecular weight is 300 g/mol. The Morgan fingerprint density at radius 1 is 1.18 bits per heavy atom. The van der Waals surface area contributed by atoms with Crippen molar-refractivity contribution in [3.05, 3.63) is 51.9 Å². The Morgan fingerprint density at radius 2 is 1.91 bits per heavy atom. The topological polar surface area (TPSA) is 83.0 Å². The normalized spacial score (nSPS) is 10.6. The molecule has 0 aliphatic carbocycles. The van der Waals surface area contributed by atoms with E-state index in [4.69, 9.17) is 5.11 Å². The number of aromatic carboxylic acids is 1. The highest BCUT2D eigenvalue weighted by molar-refractivity contribution is 5.86. The molecular weight excluding hydrogens is 280 g/mol. The number of carbonyl (C=O) groups is 1. The van der Waals surface area contributed by atoms with Crippen LogP contribution in [-0.2, 0) is 6.42 Å². The summed E-state index contributed by atoms with van der Waals surface area (Å²) in [6.45, 7) is 2.19. The van der Waals surface area contributed by atoms with Crippen LogP contribution in [0.2, 0.25) is 0 Å². The number of hydrogen-bond acceptors (Lipinski definition) is 3. The highest BCUT2D eigenvalue weighted by Gasteiger charge is 2.10. The Morgan fingerprint density at radius 3 is 2.50 bits per heavy atom. The second kappa shape index (κ2) is 7.54. The van der Waals surface area contributed by atoms with Gasteiger partial charge in [-0.15, -0.1) is 0 Å². The number of unbranched alkanes of at least 4 members (excludes halogenated alkanes) is 3. The van der Waals surface area contributed by atoms with Crippen LogP contribution in [0, 0.1) is 0 Å². The summed E-state index contributed by atoms with van der Waals surface area (Å²) in [5.74, 6) is -0.893. The first kappa shape index (κ1) is 15.9. The minimum absolute atomic E-state index is 0.351. The fourth-order valence-electron chi connectivity index (χ4n) is 2.28. The number of rotatable bonds is 7. The van der Waals surface area contributed by atoms with Crippen molar-refractivity contribution in [3.63, 3.8) is 0 Å². The molecular formula is C17H20N2O3. The number of aryl methyl sites for hydroxylation is 1. The highest BCUT2D eigenvalue weighted by atomic mass is 16.4. The predicted octanol–water partition coefficient (Wildman–Crippen LogP) is 3.26. The number of aromatic amines is 1. The predicted molar refractivity (Wildman–Crippen MR) is 85.1 cm³/mol. The summed E-state index contributed by atoms with van der Waals surface area (Å²) in [4.78, 5) is 29.0. The third-order valence-corrected chi connectivity index (χ3v) is 3.58. The van der Waals surface area contributed by atoms with Gasteiger partial charge in [0.05, 0.1) is 0 Å². The number of carboxylic acids is 1. The van der Waals surface area contributed by atoms with Crippen LogP contribution in [0.25, 0.3) is 11.4 Å². The number of benzene rings is 1. The van der Waals surface area contributed by atoms with Crippen molar-refractivity contribution in [3.8, 4) is 11.4 Å². The highest BCUT2D eigenvalue weighted by Crippen LogP contribution is 2.16. The minimum Gasteiger partial charge on any atom is -0.477 e. The maximum atomic E-state index is 11.6. The zero-order valence-corrected chi connectivity index (χ0v) is 12.6. The van der Waals surface area contributed by atoms with Crippen LogP contribution in [0.5, 0.6) is 0 Å². The van der Waals surface area contributed by atoms with Crippen molar-refractivity contribution >= 4 is 5.97 Å². The molecule has 0 bridgehead atoms. The largest absolute Gasteiger partial charge is 0.477 e. The van der Waals surface area contributed by atoms with Gasteiger partial charge in [0.1, 0.15) is 11.4 Å². The molecule has 22 heavy (non-hydrogen) atoms. The Labute approximate surface area is 129 Å². The lowest BCUT2D eigenvalue weighted by Gasteiger charge is -2.04. The lowest BCUT2D eigenvalue weighted by atomic mass is 10.0. The van der Waals surface area contributed by atoms with E-state index in [1.54, 1.807) is 0 Å². The molecule has 0 saturated heterocycles. The second-order valence-corrected chi connectivity index (χ2v) is 5.29. The van der Waals surface area contributed by atoms with Crippen LogP contribution in [0.4, 0.5) is 0 Å². The first-order valence-corrected chi connectivity index (χ1v) is 7.53. The van der Waals surface area contributed by atoms with Gasteiger partial charge in [0.25, 0.3) is 5.56 Å². The summed E-state index contributed by atoms with van der Waals surface area (Å²) < 4.78 is 0. The fourth-order valence-corrected chi connectivity index (χ4v) is 2.28. The molecule has 1 aromatic carbocycles. The molecule has 0 aliphatic rings. The third-order valence-electron chi connectivity index (χ3n) is 3.58. The standard InChI is InChI=1S/C17H20N2O3/c1-2-3-4-5-6-12-7-9-13(10-8-12)15-18-11-14(17(21)22)16(20)19-15/h7-11H,2-6H2,1H3,(H,21,22)(H,18,19,20). The van der Waals surface area contributed by atoms with E-state index in [0.29, 0.717) is 5.82 Å². The number of H-pyrrole nitrogens is 1. The maximum Gasteiger partial charge on any atom is 0.342 e. The quantitative estimate of drug-likeness (QED) is 0.769. The summed E-state index contributed by atoms with van der Waals surface area (Å²) in [6, 6.07) is 7.83. The van der Waals surface area contributed by atoms with Gasteiger partial charge < -0.3 is 10.1 Å². The van der Waals surface area contributed by atoms with E-state index in [9.17, 15) is 9.59 Å². The van der Waals surface area contributed by atoms with E-state index in [1.165, 1.54) is 31.2 Å². The second-order valence-electron chi connectivity index (χ2n) is 5.29. The van der Waals surface area contributed by atoms with Crippen molar-refractivity contribution in [1.29, 1.82) is 0 Å². The van der Waals surface area contributed by atoms with Crippen LogP contribution >= 0.6 is 0 Å². The molecule has 0 fully saturated rings. The molecule has 0 amide bonds. The maximum absolute atomic E-state index is 11.6. The summed E-state index contributed by atoms with van der Waals surface area (Å²) in [7, 11) is 0. The third kappa shape index (κ3) is 4.04. The van der Waals surface area contributed by atoms with Gasteiger partial charge in [0.2, 0.25) is 0 Å². The molecule has 0 unspecified atom stereocenters. The molecule has 5 heteroatoms. The summed E-state index contributed by atoms with van der Waals surface area (Å²) in [6.07, 6.45) is 7.04. The molecule has 0 atom stereocenters. The van der Waals surface area contributed by atoms with Crippen LogP contribution in [0.3, 0.4) is 0 Å². The number of nitrogens with one attached hydrogen (secondary N) is 1. The molecule has 0 aliphatic heterocycles. The number of nitrogens with zero attached hydrogens (tertiary/aromatic N) is 1. The van der Waals surface area contributed by atoms with Crippen molar-refractivity contribution in [2.24, 2.45) is 0 Å². The number of carboxylic acid groups (broad SMARTS) is 1. The lowest BCUT2D eigenvalue weighted by Crippen LogP contribution is -2.18. The summed E-state index contributed by atoms with van der Waals surface area (Å²) in [5, 5.41) is 8.82. The summed E-state index contributed by atoms with van der Waals surface area (Å²) in [5.41, 5.74) is 1.04. The van der Waals surface area contributed by atoms with E-state index in [0.717, 1.165) is 18.2 Å². The smallest absolute Gasteiger partial charge is 0.342 e. The van der Waals surface area contributed by atoms with E-state index in [1.807, 2.05) is 24.3 Å². The Bertz CT molecular complexity index is 690. The van der Waals surface area contributed by atoms with E-state index >= 15 is 0 Å². The van der Waals surface area contributed by atoms with E-state index in [-0.39, 0.29) is 5.56 Å². The van der Waals surface area contributed by atoms with Gasteiger partial charge in [-0.1, -0.05) is 50.5 Å². The zero-order valence-electron chi connectivity index (χ0n) is 12.6. The van der Waals surface area contributed by atoms with E-state index in [2.05, 4.69) is 16.9 Å². The SMILES string of the molecule is CCCCCCc1ccc(-c2ncc(C(=O)O)c(=O)[nH]2)cc1. The van der Waals surface area contributed by atoms with Gasteiger partial charge in [-0.3, -0.25) is 4.79 Å². The first-order valence-electron chi connectivity index (χ1n) is 7.53. The van der Waals surface area contributed by atoms with Crippen molar-refractivity contribution < 1.29 is 9.90 Å². The van der Waals surface area contributed by atoms with Crippen molar-refractivity contribution in [1.82, 2.24) is 9.97 Å². The fraction of sp³-hybridized carbons (Fsp3) is 0.353. The van der Waals surface area contributed by atoms with Gasteiger partial charge in [-0.05, 0) is 18.4 Å². The zero-order chi connectivity index (χ0) is 15.9. The molecule has 116 valence electrons. The van der Waals surface area contributed by atoms with Crippen LogP contribution in [0.1, 0.15) is 48.5 Å². The van der Waals surface area contributed by atoms with Gasteiger partial charge in [-0.25, -0.2) is 9.78 Å². The average Bonchev–Trinajstić information content (AvgIpc) is 2.52. The number of hydrogen-bond donors (Lipinski definition) is 2. The monoisotopic (exact) mass is 300 g/mol. The van der Waals surface area contributed by atoms with Gasteiger partial charge in [-0.2, -0.15) is 0 Å². The number of aromatic nitrogens is 2. The van der Waals surface area contributed by atoms with Crippen LogP contribution in [-0.4, -0.2) is 21.0 Å². The minimum atomic E-state index is -1.28. The molecule has 0 radical (unpaired) electrons. The molecule has 0 spiro atoms. The molecule has 0 saturated carbocycles. The van der Waals surface area contributed by atoms with Gasteiger partial charge in [0, 0.05) is 11.8 Å². The Balaban J connectivity index is 2.08. The van der Waals surface area contributed by atoms with E-state index < -0.39 is 11.5 Å². The van der Waals surface area contributed by atoms with Crippen molar-refractivity contribution in [2.45, 2.75) is 39.0 Å².